The second-order valence-corrected chi connectivity index (χ2v) is 8.85. The highest BCUT2D eigenvalue weighted by molar-refractivity contribution is 9.10. The molecule has 154 valence electrons. The summed E-state index contributed by atoms with van der Waals surface area (Å²) in [6, 6.07) is 5.36. The first-order valence-corrected chi connectivity index (χ1v) is 10.8. The number of hydrogen-bond acceptors (Lipinski definition) is 7. The van der Waals surface area contributed by atoms with Gasteiger partial charge in [-0.3, -0.25) is 11.6 Å². The molecule has 0 unspecified atom stereocenters. The Morgan fingerprint density at radius 1 is 1.14 bits per heavy atom. The smallest absolute Gasteiger partial charge is 0.319 e. The largest absolute Gasteiger partial charge is 0.744 e. The number of rotatable bonds is 2. The molecule has 4 N–H and O–H groups in total. The van der Waals surface area contributed by atoms with Crippen molar-refractivity contribution in [1.29, 1.82) is 0 Å². The van der Waals surface area contributed by atoms with Gasteiger partial charge in [0.1, 0.15) is 22.0 Å². The maximum absolute atomic E-state index is 10.8. The molecule has 1 aromatic carbocycles. The molecule has 2 aromatic rings. The Kier molecular flexibility index (Phi) is 7.27. The highest BCUT2D eigenvalue weighted by Crippen LogP contribution is 2.24. The molecular weight excluding hydrogens is 448 g/mol. The Morgan fingerprint density at radius 2 is 1.68 bits per heavy atom. The van der Waals surface area contributed by atoms with Crippen LogP contribution in [-0.2, 0) is 14.9 Å². The quantitative estimate of drug-likeness (QED) is 0.384. The van der Waals surface area contributed by atoms with Crippen LogP contribution < -0.4 is 21.2 Å². The van der Waals surface area contributed by atoms with Crippen LogP contribution in [0.3, 0.4) is 0 Å². The molecule has 28 heavy (non-hydrogen) atoms. The van der Waals surface area contributed by atoms with Crippen molar-refractivity contribution >= 4 is 37.6 Å². The number of nitrogens with two attached hydrogens (primary N) is 2. The molecule has 0 amide bonds. The summed E-state index contributed by atoms with van der Waals surface area (Å²) in [5, 5.41) is 0. The fraction of sp³-hybridized carbons (Fsp3) is 0.389. The molecule has 0 atom stereocenters. The van der Waals surface area contributed by atoms with E-state index in [0.29, 0.717) is 16.9 Å². The van der Waals surface area contributed by atoms with E-state index in [4.69, 9.17) is 16.3 Å². The van der Waals surface area contributed by atoms with Crippen LogP contribution >= 0.6 is 15.9 Å². The van der Waals surface area contributed by atoms with E-state index < -0.39 is 10.1 Å². The number of anilines is 2. The second-order valence-electron chi connectivity index (χ2n) is 6.62. The molecule has 8 nitrogen and oxygen atoms in total. The Labute approximate surface area is 173 Å². The number of aromatic nitrogens is 1. The Hall–Kier alpha value is -1.88. The summed E-state index contributed by atoms with van der Waals surface area (Å²) < 4.78 is 40.1. The van der Waals surface area contributed by atoms with Crippen LogP contribution in [0.4, 0.5) is 11.5 Å². The summed E-state index contributed by atoms with van der Waals surface area (Å²) in [6.07, 6.45) is 1.74. The lowest BCUT2D eigenvalue weighted by molar-refractivity contribution is -0.623. The molecule has 2 heterocycles. The van der Waals surface area contributed by atoms with Gasteiger partial charge in [0.15, 0.2) is 0 Å². The topological polar surface area (TPSA) is 126 Å². The van der Waals surface area contributed by atoms with Crippen LogP contribution in [0, 0.1) is 20.8 Å². The van der Waals surface area contributed by atoms with Gasteiger partial charge in [0, 0.05) is 13.1 Å². The van der Waals surface area contributed by atoms with Crippen LogP contribution in [-0.4, -0.2) is 39.3 Å². The first-order valence-electron chi connectivity index (χ1n) is 8.63. The summed E-state index contributed by atoms with van der Waals surface area (Å²) in [5.41, 5.74) is 8.87. The zero-order chi connectivity index (χ0) is 21.1. The number of benzene rings is 1. The number of halogens is 1. The van der Waals surface area contributed by atoms with Crippen LogP contribution in [0.25, 0.3) is 0 Å². The third-order valence-corrected chi connectivity index (χ3v) is 5.86. The molecule has 10 heteroatoms. The molecular formula is C18H25BrN4O4S. The maximum Gasteiger partial charge on any atom is 0.319 e. The Morgan fingerprint density at radius 3 is 2.18 bits per heavy atom. The SMILES string of the molecule is Cc1cc(C)c(S(=O)(=O)[O-])c(C)c1.Nc1c(N2CCOCC2)cc(Br)c[n+]1N. The van der Waals surface area contributed by atoms with Gasteiger partial charge in [0.05, 0.1) is 22.6 Å². The predicted molar refractivity (Wildman–Crippen MR) is 111 cm³/mol. The molecule has 0 saturated carbocycles. The number of nitrogens with zero attached hydrogens (tertiary/aromatic N) is 2. The van der Waals surface area contributed by atoms with Crippen molar-refractivity contribution in [2.24, 2.45) is 0 Å². The standard InChI is InChI=1S/C9H13BrN4O.C9H12O3S/c10-7-5-8(9(11)14(12)6-7)13-1-3-15-4-2-13;1-6-4-7(2)9(8(3)5-6)13(10,11)12/h5-6,11H,1-4,12H2;4-5H,1-3H3,(H,10,11,12). The van der Waals surface area contributed by atoms with Crippen LogP contribution in [0.2, 0.25) is 0 Å². The maximum atomic E-state index is 10.8. The van der Waals surface area contributed by atoms with Crippen molar-refractivity contribution < 1.29 is 22.4 Å². The van der Waals surface area contributed by atoms with E-state index in [2.05, 4.69) is 20.8 Å². The van der Waals surface area contributed by atoms with Crippen molar-refractivity contribution in [3.05, 3.63) is 45.6 Å². The van der Waals surface area contributed by atoms with Crippen molar-refractivity contribution in [3.8, 4) is 0 Å². The summed E-state index contributed by atoms with van der Waals surface area (Å²) in [4.78, 5) is 2.09. The zero-order valence-electron chi connectivity index (χ0n) is 16.1. The van der Waals surface area contributed by atoms with E-state index in [1.54, 1.807) is 32.2 Å². The predicted octanol–water partition coefficient (Wildman–Crippen LogP) is 1.39. The van der Waals surface area contributed by atoms with E-state index in [1.807, 2.05) is 13.0 Å². The van der Waals surface area contributed by atoms with Crippen molar-refractivity contribution in [3.63, 3.8) is 0 Å². The molecule has 1 fully saturated rings. The van der Waals surface area contributed by atoms with Crippen molar-refractivity contribution in [1.82, 2.24) is 0 Å². The first-order chi connectivity index (χ1) is 13.0. The van der Waals surface area contributed by atoms with Gasteiger partial charge < -0.3 is 14.2 Å². The normalized spacial score (nSPS) is 14.4. The fourth-order valence-electron chi connectivity index (χ4n) is 3.20. The lowest BCUT2D eigenvalue weighted by Gasteiger charge is -2.28. The third kappa shape index (κ3) is 5.57. The summed E-state index contributed by atoms with van der Waals surface area (Å²) in [5.74, 6) is 6.30. The number of morpholine rings is 1. The Bertz CT molecular complexity index is 937. The van der Waals surface area contributed by atoms with Gasteiger partial charge in [-0.2, -0.15) is 0 Å². The van der Waals surface area contributed by atoms with Crippen LogP contribution in [0.5, 0.6) is 0 Å². The van der Waals surface area contributed by atoms with Gasteiger partial charge >= 0.3 is 5.82 Å². The average molecular weight is 473 g/mol. The third-order valence-electron chi connectivity index (χ3n) is 4.28. The lowest BCUT2D eigenvalue weighted by Crippen LogP contribution is -2.48. The number of ether oxygens (including phenoxy) is 1. The molecule has 0 aliphatic carbocycles. The molecule has 3 rings (SSSR count). The van der Waals surface area contributed by atoms with Gasteiger partial charge in [-0.05, 0) is 53.9 Å². The van der Waals surface area contributed by atoms with Gasteiger partial charge in [-0.15, -0.1) is 4.68 Å². The van der Waals surface area contributed by atoms with Gasteiger partial charge in [0.25, 0.3) is 0 Å². The fourth-order valence-corrected chi connectivity index (χ4v) is 4.54. The van der Waals surface area contributed by atoms with E-state index in [9.17, 15) is 13.0 Å². The highest BCUT2D eigenvalue weighted by Gasteiger charge is 2.19. The van der Waals surface area contributed by atoms with Gasteiger partial charge in [-0.25, -0.2) is 8.42 Å². The van der Waals surface area contributed by atoms with Crippen LogP contribution in [0.15, 0.2) is 33.8 Å². The van der Waals surface area contributed by atoms with E-state index in [0.717, 1.165) is 42.0 Å². The minimum absolute atomic E-state index is 0.0851. The monoisotopic (exact) mass is 472 g/mol. The summed E-state index contributed by atoms with van der Waals surface area (Å²) >= 11 is 3.40. The molecule has 1 aliphatic heterocycles. The average Bonchev–Trinajstić information content (AvgIpc) is 2.57. The van der Waals surface area contributed by atoms with Crippen LogP contribution in [0.1, 0.15) is 16.7 Å². The first kappa shape index (κ1) is 22.4. The molecule has 0 spiro atoms. The molecule has 1 aromatic heterocycles. The number of pyridine rings is 1. The number of hydrogen-bond donors (Lipinski definition) is 2. The number of nitrogen functional groups attached to an aromatic ring is 2. The molecule has 0 bridgehead atoms. The van der Waals surface area contributed by atoms with Crippen molar-refractivity contribution in [2.75, 3.05) is 42.8 Å². The highest BCUT2D eigenvalue weighted by atomic mass is 79.9. The summed E-state index contributed by atoms with van der Waals surface area (Å²) in [6.45, 7) is 8.28. The van der Waals surface area contributed by atoms with Gasteiger partial charge in [0.2, 0.25) is 0 Å². The molecule has 1 saturated heterocycles. The minimum Gasteiger partial charge on any atom is -0.744 e. The van der Waals surface area contributed by atoms with Crippen molar-refractivity contribution in [2.45, 2.75) is 25.7 Å². The Balaban J connectivity index is 0.000000203. The van der Waals surface area contributed by atoms with Gasteiger partial charge in [-0.1, -0.05) is 17.7 Å². The van der Waals surface area contributed by atoms with E-state index >= 15 is 0 Å². The summed E-state index contributed by atoms with van der Waals surface area (Å²) in [7, 11) is -4.33. The van der Waals surface area contributed by atoms with E-state index in [1.165, 1.54) is 4.68 Å². The number of aryl methyl sites for hydroxylation is 3. The minimum atomic E-state index is -4.33. The lowest BCUT2D eigenvalue weighted by atomic mass is 10.1. The molecule has 0 radical (unpaired) electrons. The molecule has 1 aliphatic rings. The zero-order valence-corrected chi connectivity index (χ0v) is 18.5. The second kappa shape index (κ2) is 9.08. The van der Waals surface area contributed by atoms with E-state index in [-0.39, 0.29) is 4.90 Å².